The van der Waals surface area contributed by atoms with Crippen LogP contribution >= 0.6 is 0 Å². The molecule has 0 aliphatic carbocycles. The molecule has 1 aromatic carbocycles. The monoisotopic (exact) mass is 323 g/mol. The second-order valence-corrected chi connectivity index (χ2v) is 12.0. The van der Waals surface area contributed by atoms with Crippen LogP contribution in [0.25, 0.3) is 0 Å². The lowest BCUT2D eigenvalue weighted by Crippen LogP contribution is -2.45. The van der Waals surface area contributed by atoms with Crippen molar-refractivity contribution in [3.8, 4) is 0 Å². The lowest BCUT2D eigenvalue weighted by molar-refractivity contribution is 0.131. The van der Waals surface area contributed by atoms with Gasteiger partial charge in [0.15, 0.2) is 8.32 Å². The van der Waals surface area contributed by atoms with Crippen molar-refractivity contribution in [2.75, 3.05) is 6.61 Å². The SMILES string of the molecule is C[C@H](CO[Si](C)(C)C(C)(C)C)NC(=O)OCc1ccccc1. The van der Waals surface area contributed by atoms with Gasteiger partial charge in [0, 0.05) is 0 Å². The summed E-state index contributed by atoms with van der Waals surface area (Å²) < 4.78 is 11.3. The third-order valence-electron chi connectivity index (χ3n) is 4.08. The van der Waals surface area contributed by atoms with E-state index >= 15 is 0 Å². The summed E-state index contributed by atoms with van der Waals surface area (Å²) in [5.41, 5.74) is 0.975. The minimum absolute atomic E-state index is 0.0719. The molecule has 4 nitrogen and oxygen atoms in total. The fourth-order valence-corrected chi connectivity index (χ4v) is 2.66. The number of carbonyl (C=O) groups excluding carboxylic acids is 1. The topological polar surface area (TPSA) is 47.6 Å². The zero-order valence-corrected chi connectivity index (χ0v) is 15.6. The molecule has 0 spiro atoms. The van der Waals surface area contributed by atoms with Gasteiger partial charge in [-0.3, -0.25) is 0 Å². The zero-order valence-electron chi connectivity index (χ0n) is 14.6. The van der Waals surface area contributed by atoms with E-state index in [0.29, 0.717) is 6.61 Å². The first kappa shape index (κ1) is 18.7. The van der Waals surface area contributed by atoms with Crippen LogP contribution < -0.4 is 5.32 Å². The molecule has 0 aliphatic heterocycles. The van der Waals surface area contributed by atoms with Crippen molar-refractivity contribution in [3.05, 3.63) is 35.9 Å². The van der Waals surface area contributed by atoms with E-state index in [1.165, 1.54) is 0 Å². The first-order valence-electron chi connectivity index (χ1n) is 7.73. The van der Waals surface area contributed by atoms with Crippen LogP contribution in [0.4, 0.5) is 4.79 Å². The number of hydrogen-bond donors (Lipinski definition) is 1. The molecule has 0 heterocycles. The highest BCUT2D eigenvalue weighted by atomic mass is 28.4. The largest absolute Gasteiger partial charge is 0.445 e. The Labute approximate surface area is 135 Å². The molecule has 124 valence electrons. The predicted molar refractivity (Wildman–Crippen MR) is 92.4 cm³/mol. The fourth-order valence-electron chi connectivity index (χ4n) is 1.56. The molecule has 0 unspecified atom stereocenters. The third-order valence-corrected chi connectivity index (χ3v) is 8.58. The van der Waals surface area contributed by atoms with Crippen molar-refractivity contribution in [1.82, 2.24) is 5.32 Å². The quantitative estimate of drug-likeness (QED) is 0.793. The summed E-state index contributed by atoms with van der Waals surface area (Å²) in [6.07, 6.45) is -0.407. The van der Waals surface area contributed by atoms with Crippen LogP contribution in [-0.4, -0.2) is 27.1 Å². The van der Waals surface area contributed by atoms with Gasteiger partial charge < -0.3 is 14.5 Å². The Morgan fingerprint density at radius 2 is 1.82 bits per heavy atom. The summed E-state index contributed by atoms with van der Waals surface area (Å²) in [7, 11) is -1.78. The molecule has 0 aliphatic rings. The molecule has 0 saturated heterocycles. The van der Waals surface area contributed by atoms with Crippen LogP contribution in [0.5, 0.6) is 0 Å². The Bertz CT molecular complexity index is 469. The minimum atomic E-state index is -1.78. The van der Waals surface area contributed by atoms with Gasteiger partial charge in [-0.05, 0) is 30.6 Å². The molecule has 1 rings (SSSR count). The predicted octanol–water partition coefficient (Wildman–Crippen LogP) is 4.32. The van der Waals surface area contributed by atoms with E-state index in [2.05, 4.69) is 39.2 Å². The number of hydrogen-bond acceptors (Lipinski definition) is 3. The molecule has 0 saturated carbocycles. The van der Waals surface area contributed by atoms with E-state index in [9.17, 15) is 4.79 Å². The Morgan fingerprint density at radius 1 is 1.23 bits per heavy atom. The normalized spacial score (nSPS) is 13.5. The summed E-state index contributed by atoms with van der Waals surface area (Å²) in [6, 6.07) is 9.56. The standard InChI is InChI=1S/C17H29NO3Si/c1-14(12-21-22(5,6)17(2,3)4)18-16(19)20-13-15-10-8-7-9-11-15/h7-11,14H,12-13H2,1-6H3,(H,18,19)/t14-/m1/s1. The molecular weight excluding hydrogens is 294 g/mol. The molecule has 0 aromatic heterocycles. The number of nitrogens with one attached hydrogen (secondary N) is 1. The summed E-state index contributed by atoms with van der Waals surface area (Å²) in [4.78, 5) is 11.8. The van der Waals surface area contributed by atoms with Crippen LogP contribution in [0.3, 0.4) is 0 Å². The van der Waals surface area contributed by atoms with E-state index in [-0.39, 0.29) is 17.7 Å². The van der Waals surface area contributed by atoms with Crippen LogP contribution in [0.15, 0.2) is 30.3 Å². The van der Waals surface area contributed by atoms with Gasteiger partial charge >= 0.3 is 6.09 Å². The van der Waals surface area contributed by atoms with E-state index in [1.807, 2.05) is 37.3 Å². The number of alkyl carbamates (subject to hydrolysis) is 1. The van der Waals surface area contributed by atoms with Crippen molar-refractivity contribution in [2.24, 2.45) is 0 Å². The molecule has 1 aromatic rings. The number of benzene rings is 1. The molecule has 1 atom stereocenters. The molecular formula is C17H29NO3Si. The second kappa shape index (κ2) is 7.79. The Hall–Kier alpha value is -1.33. The molecule has 1 amide bonds. The van der Waals surface area contributed by atoms with Gasteiger partial charge in [0.05, 0.1) is 12.6 Å². The van der Waals surface area contributed by atoms with Crippen LogP contribution in [0.2, 0.25) is 18.1 Å². The maximum Gasteiger partial charge on any atom is 0.407 e. The Morgan fingerprint density at radius 3 is 2.36 bits per heavy atom. The van der Waals surface area contributed by atoms with E-state index in [4.69, 9.17) is 9.16 Å². The zero-order chi connectivity index (χ0) is 16.8. The summed E-state index contributed by atoms with van der Waals surface area (Å²) in [6.45, 7) is 13.7. The Balaban J connectivity index is 2.33. The molecule has 0 fully saturated rings. The number of rotatable bonds is 6. The third kappa shape index (κ3) is 6.20. The van der Waals surface area contributed by atoms with Crippen molar-refractivity contribution < 1.29 is 14.0 Å². The highest BCUT2D eigenvalue weighted by Crippen LogP contribution is 2.36. The smallest absolute Gasteiger partial charge is 0.407 e. The number of ether oxygens (including phenoxy) is 1. The number of carbonyl (C=O) groups is 1. The summed E-state index contributed by atoms with van der Waals surface area (Å²) >= 11 is 0. The van der Waals surface area contributed by atoms with E-state index in [0.717, 1.165) is 5.56 Å². The molecule has 5 heteroatoms. The van der Waals surface area contributed by atoms with Gasteiger partial charge in [0.1, 0.15) is 6.61 Å². The summed E-state index contributed by atoms with van der Waals surface area (Å²) in [5.74, 6) is 0. The van der Waals surface area contributed by atoms with E-state index in [1.54, 1.807) is 0 Å². The van der Waals surface area contributed by atoms with Gasteiger partial charge in [0.2, 0.25) is 0 Å². The van der Waals surface area contributed by atoms with Gasteiger partial charge in [-0.15, -0.1) is 0 Å². The van der Waals surface area contributed by atoms with E-state index < -0.39 is 14.4 Å². The van der Waals surface area contributed by atoms with Crippen LogP contribution in [0.1, 0.15) is 33.3 Å². The first-order valence-corrected chi connectivity index (χ1v) is 10.6. The molecule has 0 radical (unpaired) electrons. The van der Waals surface area contributed by atoms with Crippen molar-refractivity contribution in [3.63, 3.8) is 0 Å². The molecule has 22 heavy (non-hydrogen) atoms. The lowest BCUT2D eigenvalue weighted by Gasteiger charge is -2.37. The molecule has 0 bridgehead atoms. The van der Waals surface area contributed by atoms with Gasteiger partial charge in [0.25, 0.3) is 0 Å². The second-order valence-electron chi connectivity index (χ2n) is 7.18. The molecule has 1 N–H and O–H groups in total. The average molecular weight is 324 g/mol. The van der Waals surface area contributed by atoms with Crippen LogP contribution in [-0.2, 0) is 15.8 Å². The highest BCUT2D eigenvalue weighted by Gasteiger charge is 2.37. The maximum atomic E-state index is 11.8. The van der Waals surface area contributed by atoms with Crippen molar-refractivity contribution in [1.29, 1.82) is 0 Å². The summed E-state index contributed by atoms with van der Waals surface area (Å²) in [5, 5.41) is 2.98. The Kier molecular flexibility index (Phi) is 6.62. The highest BCUT2D eigenvalue weighted by molar-refractivity contribution is 6.74. The van der Waals surface area contributed by atoms with Crippen LogP contribution in [0, 0.1) is 0 Å². The minimum Gasteiger partial charge on any atom is -0.445 e. The van der Waals surface area contributed by atoms with Crippen molar-refractivity contribution >= 4 is 14.4 Å². The van der Waals surface area contributed by atoms with Gasteiger partial charge in [-0.2, -0.15) is 0 Å². The van der Waals surface area contributed by atoms with Crippen molar-refractivity contribution in [2.45, 2.75) is 58.5 Å². The number of amides is 1. The average Bonchev–Trinajstić information content (AvgIpc) is 2.43. The van der Waals surface area contributed by atoms with Gasteiger partial charge in [-0.1, -0.05) is 51.1 Å². The first-order chi connectivity index (χ1) is 10.1. The van der Waals surface area contributed by atoms with Gasteiger partial charge in [-0.25, -0.2) is 4.79 Å². The maximum absolute atomic E-state index is 11.8. The fraction of sp³-hybridized carbons (Fsp3) is 0.588. The lowest BCUT2D eigenvalue weighted by atomic mass is 10.2.